The van der Waals surface area contributed by atoms with Gasteiger partial charge in [0.2, 0.25) is 0 Å². The SMILES string of the molecule is C1CSCSC1.C=CCCCC. The van der Waals surface area contributed by atoms with Gasteiger partial charge >= 0.3 is 0 Å². The number of thioether (sulfide) groups is 2. The van der Waals surface area contributed by atoms with Crippen LogP contribution in [0.5, 0.6) is 0 Å². The van der Waals surface area contributed by atoms with E-state index in [0.717, 1.165) is 0 Å². The van der Waals surface area contributed by atoms with Crippen molar-refractivity contribution < 1.29 is 0 Å². The molecule has 0 aromatic carbocycles. The van der Waals surface area contributed by atoms with Gasteiger partial charge in [0, 0.05) is 5.08 Å². The Morgan fingerprint density at radius 3 is 2.17 bits per heavy atom. The topological polar surface area (TPSA) is 0 Å². The summed E-state index contributed by atoms with van der Waals surface area (Å²) in [6.07, 6.45) is 7.14. The molecule has 1 heterocycles. The molecule has 0 aliphatic carbocycles. The first-order valence-electron chi connectivity index (χ1n) is 4.68. The van der Waals surface area contributed by atoms with Gasteiger partial charge in [-0.15, -0.1) is 6.58 Å². The molecule has 1 rings (SSSR count). The third-order valence-electron chi connectivity index (χ3n) is 1.51. The third kappa shape index (κ3) is 10.4. The maximum Gasteiger partial charge on any atom is 0.0392 e. The molecule has 1 aliphatic heterocycles. The highest BCUT2D eigenvalue weighted by Gasteiger charge is 1.95. The molecular formula is C10H20S2. The summed E-state index contributed by atoms with van der Waals surface area (Å²) in [5.74, 6) is 2.79. The predicted molar refractivity (Wildman–Crippen MR) is 64.1 cm³/mol. The van der Waals surface area contributed by atoms with E-state index in [4.69, 9.17) is 0 Å². The number of hydrogen-bond donors (Lipinski definition) is 0. The first-order valence-corrected chi connectivity index (χ1v) is 6.99. The van der Waals surface area contributed by atoms with Crippen molar-refractivity contribution in [1.82, 2.24) is 0 Å². The highest BCUT2D eigenvalue weighted by Crippen LogP contribution is 2.19. The fraction of sp³-hybridized carbons (Fsp3) is 0.800. The maximum absolute atomic E-state index is 3.60. The van der Waals surface area contributed by atoms with Crippen LogP contribution >= 0.6 is 23.5 Å². The number of hydrogen-bond acceptors (Lipinski definition) is 2. The average molecular weight is 204 g/mol. The number of unbranched alkanes of at least 4 members (excludes halogenated alkanes) is 2. The van der Waals surface area contributed by atoms with Gasteiger partial charge in [-0.05, 0) is 24.3 Å². The summed E-state index contributed by atoms with van der Waals surface area (Å²) in [6, 6.07) is 0. The molecule has 0 nitrogen and oxygen atoms in total. The van der Waals surface area contributed by atoms with Crippen molar-refractivity contribution in [2.45, 2.75) is 32.6 Å². The summed E-state index contributed by atoms with van der Waals surface area (Å²) in [4.78, 5) is 0. The minimum absolute atomic E-state index is 1.18. The van der Waals surface area contributed by atoms with Crippen LogP contribution in [0.3, 0.4) is 0 Å². The molecule has 1 saturated heterocycles. The van der Waals surface area contributed by atoms with Crippen molar-refractivity contribution in [1.29, 1.82) is 0 Å². The van der Waals surface area contributed by atoms with Crippen LogP contribution in [0.1, 0.15) is 32.6 Å². The first kappa shape index (κ1) is 12.4. The van der Waals surface area contributed by atoms with E-state index in [2.05, 4.69) is 37.0 Å². The van der Waals surface area contributed by atoms with Crippen LogP contribution in [0.2, 0.25) is 0 Å². The van der Waals surface area contributed by atoms with E-state index in [1.807, 2.05) is 6.08 Å². The Kier molecular flexibility index (Phi) is 11.9. The molecule has 0 N–H and O–H groups in total. The summed E-state index contributed by atoms with van der Waals surface area (Å²) >= 11 is 4.12. The van der Waals surface area contributed by atoms with Crippen LogP contribution in [-0.2, 0) is 0 Å². The second kappa shape index (κ2) is 11.4. The largest absolute Gasteiger partial charge is 0.151 e. The average Bonchev–Trinajstić information content (AvgIpc) is 2.18. The van der Waals surface area contributed by atoms with Gasteiger partial charge in [0.25, 0.3) is 0 Å². The molecule has 72 valence electrons. The zero-order chi connectivity index (χ0) is 9.07. The molecule has 0 atom stereocenters. The Morgan fingerprint density at radius 1 is 1.33 bits per heavy atom. The minimum Gasteiger partial charge on any atom is -0.151 e. The van der Waals surface area contributed by atoms with Gasteiger partial charge in [-0.1, -0.05) is 25.8 Å². The van der Waals surface area contributed by atoms with Crippen molar-refractivity contribution in [3.8, 4) is 0 Å². The monoisotopic (exact) mass is 204 g/mol. The van der Waals surface area contributed by atoms with Crippen molar-refractivity contribution in [3.05, 3.63) is 12.7 Å². The van der Waals surface area contributed by atoms with Crippen molar-refractivity contribution in [2.24, 2.45) is 0 Å². The van der Waals surface area contributed by atoms with Gasteiger partial charge in [-0.3, -0.25) is 0 Å². The fourth-order valence-corrected chi connectivity index (χ4v) is 3.08. The van der Waals surface area contributed by atoms with Crippen LogP contribution in [0.4, 0.5) is 0 Å². The van der Waals surface area contributed by atoms with E-state index in [0.29, 0.717) is 0 Å². The van der Waals surface area contributed by atoms with Crippen LogP contribution in [-0.4, -0.2) is 16.6 Å². The third-order valence-corrected chi connectivity index (χ3v) is 3.99. The second-order valence-corrected chi connectivity index (χ2v) is 5.29. The van der Waals surface area contributed by atoms with Crippen molar-refractivity contribution in [3.63, 3.8) is 0 Å². The number of rotatable bonds is 3. The van der Waals surface area contributed by atoms with E-state index in [1.54, 1.807) is 0 Å². The lowest BCUT2D eigenvalue weighted by molar-refractivity contribution is 0.816. The lowest BCUT2D eigenvalue weighted by atomic mass is 10.3. The normalized spacial score (nSPS) is 16.1. The zero-order valence-electron chi connectivity index (χ0n) is 8.05. The van der Waals surface area contributed by atoms with E-state index < -0.39 is 0 Å². The van der Waals surface area contributed by atoms with Crippen LogP contribution in [0.15, 0.2) is 12.7 Å². The Labute approximate surface area is 85.6 Å². The van der Waals surface area contributed by atoms with Crippen molar-refractivity contribution in [2.75, 3.05) is 16.6 Å². The van der Waals surface area contributed by atoms with Gasteiger partial charge in [0.05, 0.1) is 0 Å². The van der Waals surface area contributed by atoms with Crippen molar-refractivity contribution >= 4 is 23.5 Å². The van der Waals surface area contributed by atoms with Gasteiger partial charge in [0.15, 0.2) is 0 Å². The van der Waals surface area contributed by atoms with E-state index >= 15 is 0 Å². The predicted octanol–water partition coefficient (Wildman–Crippen LogP) is 4.18. The standard InChI is InChI=1S/C6H12.C4H8S2/c1-3-5-6-4-2;1-2-5-4-6-3-1/h3H,1,4-6H2,2H3;1-4H2. The molecule has 12 heavy (non-hydrogen) atoms. The van der Waals surface area contributed by atoms with Gasteiger partial charge < -0.3 is 0 Å². The van der Waals surface area contributed by atoms with Crippen LogP contribution in [0, 0.1) is 0 Å². The molecule has 0 amide bonds. The van der Waals surface area contributed by atoms with Gasteiger partial charge in [0.1, 0.15) is 0 Å². The van der Waals surface area contributed by atoms with Gasteiger partial charge in [-0.2, -0.15) is 23.5 Å². The summed E-state index contributed by atoms with van der Waals surface area (Å²) < 4.78 is 0. The lowest BCUT2D eigenvalue weighted by Crippen LogP contribution is -1.90. The molecule has 2 heteroatoms. The minimum atomic E-state index is 1.18. The Morgan fingerprint density at radius 2 is 2.00 bits per heavy atom. The summed E-state index contributed by atoms with van der Waals surface area (Å²) in [5, 5.41) is 1.33. The van der Waals surface area contributed by atoms with Crippen LogP contribution in [0.25, 0.3) is 0 Å². The molecule has 0 aromatic rings. The Balaban J connectivity index is 0.000000202. The molecule has 1 fully saturated rings. The molecule has 0 saturated carbocycles. The summed E-state index contributed by atoms with van der Waals surface area (Å²) in [5.41, 5.74) is 0. The molecule has 0 unspecified atom stereocenters. The first-order chi connectivity index (χ1) is 5.91. The smallest absolute Gasteiger partial charge is 0.0392 e. The molecule has 0 bridgehead atoms. The maximum atomic E-state index is 3.60. The van der Waals surface area contributed by atoms with E-state index in [-0.39, 0.29) is 0 Å². The Hall–Kier alpha value is 0.440. The number of allylic oxidation sites excluding steroid dienone is 1. The van der Waals surface area contributed by atoms with E-state index in [9.17, 15) is 0 Å². The second-order valence-electron chi connectivity index (χ2n) is 2.72. The molecule has 0 radical (unpaired) electrons. The Bertz CT molecular complexity index is 76.3. The van der Waals surface area contributed by atoms with E-state index in [1.165, 1.54) is 42.3 Å². The van der Waals surface area contributed by atoms with Gasteiger partial charge in [-0.25, -0.2) is 0 Å². The molecule has 1 aliphatic rings. The summed E-state index contributed by atoms with van der Waals surface area (Å²) in [7, 11) is 0. The quantitative estimate of drug-likeness (QED) is 0.500. The highest BCUT2D eigenvalue weighted by atomic mass is 32.2. The zero-order valence-corrected chi connectivity index (χ0v) is 9.68. The molecular weight excluding hydrogens is 184 g/mol. The molecule has 0 spiro atoms. The fourth-order valence-electron chi connectivity index (χ4n) is 0.788. The van der Waals surface area contributed by atoms with Crippen LogP contribution < -0.4 is 0 Å². The lowest BCUT2D eigenvalue weighted by Gasteiger charge is -2.05. The highest BCUT2D eigenvalue weighted by molar-refractivity contribution is 8.16. The summed E-state index contributed by atoms with van der Waals surface area (Å²) in [6.45, 7) is 5.78. The molecule has 0 aromatic heterocycles.